The van der Waals surface area contributed by atoms with Crippen molar-refractivity contribution in [3.8, 4) is 22.1 Å². The van der Waals surface area contributed by atoms with Gasteiger partial charge in [-0.1, -0.05) is 29.8 Å². The summed E-state index contributed by atoms with van der Waals surface area (Å²) in [6.07, 6.45) is 0.272. The van der Waals surface area contributed by atoms with Gasteiger partial charge in [0.15, 0.2) is 0 Å². The summed E-state index contributed by atoms with van der Waals surface area (Å²) in [6, 6.07) is 15.7. The first-order valence-electron chi connectivity index (χ1n) is 9.67. The van der Waals surface area contributed by atoms with Crippen molar-refractivity contribution < 1.29 is 14.3 Å². The molecule has 0 aliphatic carbocycles. The number of hydrogen-bond acceptors (Lipinski definition) is 5. The van der Waals surface area contributed by atoms with E-state index in [1.165, 1.54) is 16.9 Å². The molecular formula is C23H26N2O3S. The topological polar surface area (TPSA) is 51.7 Å². The van der Waals surface area contributed by atoms with Crippen LogP contribution < -0.4 is 9.47 Å². The number of rotatable bonds is 9. The molecular weight excluding hydrogens is 384 g/mol. The van der Waals surface area contributed by atoms with Crippen molar-refractivity contribution in [2.24, 2.45) is 0 Å². The van der Waals surface area contributed by atoms with Crippen molar-refractivity contribution in [1.29, 1.82) is 0 Å². The number of benzene rings is 2. The third-order valence-electron chi connectivity index (χ3n) is 4.44. The number of amides is 1. The number of nitrogens with zero attached hydrogens (tertiary/aromatic N) is 2. The molecule has 0 spiro atoms. The zero-order chi connectivity index (χ0) is 20.6. The second-order valence-corrected chi connectivity index (χ2v) is 7.58. The van der Waals surface area contributed by atoms with Crippen molar-refractivity contribution in [3.05, 3.63) is 65.2 Å². The van der Waals surface area contributed by atoms with Gasteiger partial charge < -0.3 is 14.4 Å². The first-order valence-corrected chi connectivity index (χ1v) is 10.5. The first-order chi connectivity index (χ1) is 14.1. The van der Waals surface area contributed by atoms with Gasteiger partial charge in [0.2, 0.25) is 5.91 Å². The normalized spacial score (nSPS) is 10.6. The van der Waals surface area contributed by atoms with Crippen LogP contribution in [0.4, 0.5) is 0 Å². The molecule has 0 saturated carbocycles. The fraction of sp³-hybridized carbons (Fsp3) is 0.304. The smallest absolute Gasteiger partial charge is 0.228 e. The lowest BCUT2D eigenvalue weighted by molar-refractivity contribution is -0.129. The van der Waals surface area contributed by atoms with E-state index in [1.807, 2.05) is 67.8 Å². The van der Waals surface area contributed by atoms with Crippen LogP contribution in [0, 0.1) is 6.92 Å². The zero-order valence-corrected chi connectivity index (χ0v) is 17.9. The van der Waals surface area contributed by atoms with Gasteiger partial charge in [0.25, 0.3) is 0 Å². The number of carbonyl (C=O) groups is 1. The average molecular weight is 411 g/mol. The standard InChI is InChI=1S/C23H26N2O3S/c1-4-27-21-8-6-5-7-20(21)23-24-18(16-29-23)15-22(26)25(3)13-14-28-19-11-9-17(2)10-12-19/h5-12,16H,4,13-15H2,1-3H3. The van der Waals surface area contributed by atoms with Gasteiger partial charge in [-0.15, -0.1) is 11.3 Å². The molecule has 2 aromatic carbocycles. The maximum atomic E-state index is 12.5. The summed E-state index contributed by atoms with van der Waals surface area (Å²) in [6.45, 7) is 5.58. The van der Waals surface area contributed by atoms with Gasteiger partial charge in [0.1, 0.15) is 23.1 Å². The Morgan fingerprint density at radius 3 is 2.62 bits per heavy atom. The lowest BCUT2D eigenvalue weighted by Crippen LogP contribution is -2.32. The Labute approximate surface area is 175 Å². The van der Waals surface area contributed by atoms with Crippen LogP contribution in [0.3, 0.4) is 0 Å². The van der Waals surface area contributed by atoms with Crippen LogP contribution in [-0.4, -0.2) is 42.6 Å². The highest BCUT2D eigenvalue weighted by molar-refractivity contribution is 7.13. The van der Waals surface area contributed by atoms with Gasteiger partial charge in [-0.2, -0.15) is 0 Å². The Hall–Kier alpha value is -2.86. The van der Waals surface area contributed by atoms with Crippen LogP contribution in [0.5, 0.6) is 11.5 Å². The monoisotopic (exact) mass is 410 g/mol. The zero-order valence-electron chi connectivity index (χ0n) is 17.1. The molecule has 3 rings (SSSR count). The van der Waals surface area contributed by atoms with Gasteiger partial charge in [-0.25, -0.2) is 4.98 Å². The molecule has 1 heterocycles. The van der Waals surface area contributed by atoms with E-state index in [9.17, 15) is 4.79 Å². The summed E-state index contributed by atoms with van der Waals surface area (Å²) in [5.74, 6) is 1.65. The third kappa shape index (κ3) is 5.81. The second-order valence-electron chi connectivity index (χ2n) is 6.73. The number of likely N-dealkylation sites (N-methyl/N-ethyl adjacent to an activating group) is 1. The number of para-hydroxylation sites is 1. The Bertz CT molecular complexity index is 937. The second kappa shape index (κ2) is 10.1. The number of thiazole rings is 1. The highest BCUT2D eigenvalue weighted by Crippen LogP contribution is 2.32. The molecule has 0 aliphatic rings. The maximum absolute atomic E-state index is 12.5. The van der Waals surface area contributed by atoms with Crippen LogP contribution in [0.1, 0.15) is 18.2 Å². The Balaban J connectivity index is 1.53. The van der Waals surface area contributed by atoms with Gasteiger partial charge in [-0.3, -0.25) is 4.79 Å². The highest BCUT2D eigenvalue weighted by atomic mass is 32.1. The van der Waals surface area contributed by atoms with Crippen LogP contribution in [0.2, 0.25) is 0 Å². The summed E-state index contributed by atoms with van der Waals surface area (Å²) >= 11 is 1.53. The molecule has 0 fully saturated rings. The van der Waals surface area contributed by atoms with E-state index < -0.39 is 0 Å². The maximum Gasteiger partial charge on any atom is 0.228 e. The fourth-order valence-corrected chi connectivity index (χ4v) is 3.64. The number of aromatic nitrogens is 1. The van der Waals surface area contributed by atoms with E-state index in [4.69, 9.17) is 9.47 Å². The summed E-state index contributed by atoms with van der Waals surface area (Å²) in [5.41, 5.74) is 2.92. The Morgan fingerprint density at radius 2 is 1.86 bits per heavy atom. The molecule has 152 valence electrons. The van der Waals surface area contributed by atoms with E-state index in [0.29, 0.717) is 19.8 Å². The van der Waals surface area contributed by atoms with Crippen molar-refractivity contribution >= 4 is 17.2 Å². The molecule has 5 nitrogen and oxygen atoms in total. The van der Waals surface area contributed by atoms with Crippen LogP contribution >= 0.6 is 11.3 Å². The number of carbonyl (C=O) groups excluding carboxylic acids is 1. The molecule has 0 N–H and O–H groups in total. The molecule has 0 aliphatic heterocycles. The minimum atomic E-state index is 0.0208. The summed E-state index contributed by atoms with van der Waals surface area (Å²) < 4.78 is 11.4. The predicted molar refractivity (Wildman–Crippen MR) is 117 cm³/mol. The first kappa shape index (κ1) is 20.9. The summed E-state index contributed by atoms with van der Waals surface area (Å²) in [5, 5.41) is 2.80. The Kier molecular flexibility index (Phi) is 7.25. The summed E-state index contributed by atoms with van der Waals surface area (Å²) in [4.78, 5) is 18.8. The molecule has 6 heteroatoms. The summed E-state index contributed by atoms with van der Waals surface area (Å²) in [7, 11) is 1.79. The van der Waals surface area contributed by atoms with E-state index in [0.717, 1.165) is 27.8 Å². The van der Waals surface area contributed by atoms with Gasteiger partial charge in [0, 0.05) is 12.4 Å². The molecule has 0 unspecified atom stereocenters. The minimum absolute atomic E-state index is 0.0208. The van der Waals surface area contributed by atoms with Gasteiger partial charge >= 0.3 is 0 Å². The highest BCUT2D eigenvalue weighted by Gasteiger charge is 2.14. The van der Waals surface area contributed by atoms with E-state index in [1.54, 1.807) is 11.9 Å². The number of ether oxygens (including phenoxy) is 2. The number of hydrogen-bond donors (Lipinski definition) is 0. The van der Waals surface area contributed by atoms with Crippen molar-refractivity contribution in [2.75, 3.05) is 26.8 Å². The van der Waals surface area contributed by atoms with Gasteiger partial charge in [-0.05, 0) is 38.1 Å². The largest absolute Gasteiger partial charge is 0.493 e. The molecule has 1 amide bonds. The molecule has 0 saturated heterocycles. The lowest BCUT2D eigenvalue weighted by Gasteiger charge is -2.17. The van der Waals surface area contributed by atoms with Crippen LogP contribution in [-0.2, 0) is 11.2 Å². The molecule has 29 heavy (non-hydrogen) atoms. The number of aryl methyl sites for hydroxylation is 1. The average Bonchev–Trinajstić information content (AvgIpc) is 3.18. The van der Waals surface area contributed by atoms with Crippen molar-refractivity contribution in [3.63, 3.8) is 0 Å². The fourth-order valence-electron chi connectivity index (χ4n) is 2.79. The van der Waals surface area contributed by atoms with E-state index in [-0.39, 0.29) is 12.3 Å². The quantitative estimate of drug-likeness (QED) is 0.517. The third-order valence-corrected chi connectivity index (χ3v) is 5.37. The molecule has 0 atom stereocenters. The Morgan fingerprint density at radius 1 is 1.10 bits per heavy atom. The molecule has 0 bridgehead atoms. The van der Waals surface area contributed by atoms with Crippen molar-refractivity contribution in [1.82, 2.24) is 9.88 Å². The van der Waals surface area contributed by atoms with Gasteiger partial charge in [0.05, 0.1) is 30.8 Å². The van der Waals surface area contributed by atoms with E-state index in [2.05, 4.69) is 4.98 Å². The minimum Gasteiger partial charge on any atom is -0.493 e. The molecule has 0 radical (unpaired) electrons. The lowest BCUT2D eigenvalue weighted by atomic mass is 10.2. The van der Waals surface area contributed by atoms with Crippen LogP contribution in [0.15, 0.2) is 53.9 Å². The molecule has 3 aromatic rings. The van der Waals surface area contributed by atoms with Crippen molar-refractivity contribution in [2.45, 2.75) is 20.3 Å². The SMILES string of the molecule is CCOc1ccccc1-c1nc(CC(=O)N(C)CCOc2ccc(C)cc2)cs1. The predicted octanol–water partition coefficient (Wildman–Crippen LogP) is 4.60. The molecule has 1 aromatic heterocycles. The van der Waals surface area contributed by atoms with E-state index >= 15 is 0 Å². The van der Waals surface area contributed by atoms with Crippen LogP contribution in [0.25, 0.3) is 10.6 Å².